The van der Waals surface area contributed by atoms with Gasteiger partial charge in [-0.2, -0.15) is 0 Å². The van der Waals surface area contributed by atoms with Gasteiger partial charge >= 0.3 is 11.7 Å². The molecule has 0 amide bonds. The number of terminal acetylenes is 1. The van der Waals surface area contributed by atoms with Gasteiger partial charge < -0.3 is 25.4 Å². The summed E-state index contributed by atoms with van der Waals surface area (Å²) in [6.45, 7) is 3.33. The Morgan fingerprint density at radius 1 is 1.50 bits per heavy atom. The van der Waals surface area contributed by atoms with Crippen LogP contribution in [0.4, 0.5) is 4.39 Å². The van der Waals surface area contributed by atoms with Crippen LogP contribution in [0.2, 0.25) is 0 Å². The maximum atomic E-state index is 15.2. The molecule has 1 saturated heterocycles. The minimum absolute atomic E-state index is 0.281. The highest BCUT2D eigenvalue weighted by Crippen LogP contribution is 2.42. The monoisotopic (exact) mass is 399 g/mol. The lowest BCUT2D eigenvalue weighted by Gasteiger charge is -2.30. The summed E-state index contributed by atoms with van der Waals surface area (Å²) in [7, 11) is 0. The summed E-state index contributed by atoms with van der Waals surface area (Å²) in [6.07, 6.45) is 1.92. The van der Waals surface area contributed by atoms with Gasteiger partial charge in [-0.05, 0) is 12.8 Å². The number of carbonyl (C=O) groups is 1. The minimum Gasteiger partial charge on any atom is -0.458 e. The second-order valence-electron chi connectivity index (χ2n) is 7.03. The highest BCUT2D eigenvalue weighted by Gasteiger charge is 2.63. The van der Waals surface area contributed by atoms with Crippen LogP contribution in [0.15, 0.2) is 15.8 Å². The SMILES string of the molecule is C#Cc1cn([C@]2(C)O[C@](F)(COC(=O)[C@@H](N)C(C)C)[C@@H](O)[C@H]2O)c(=O)[nH]c1=O. The van der Waals surface area contributed by atoms with Gasteiger partial charge in [-0.3, -0.25) is 19.1 Å². The quantitative estimate of drug-likeness (QED) is 0.331. The summed E-state index contributed by atoms with van der Waals surface area (Å²) >= 11 is 0. The lowest BCUT2D eigenvalue weighted by Crippen LogP contribution is -2.50. The summed E-state index contributed by atoms with van der Waals surface area (Å²) in [6, 6.07) is -1.03. The van der Waals surface area contributed by atoms with Crippen LogP contribution >= 0.6 is 0 Å². The third kappa shape index (κ3) is 3.59. The predicted octanol–water partition coefficient (Wildman–Crippen LogP) is -1.87. The molecular weight excluding hydrogens is 377 g/mol. The van der Waals surface area contributed by atoms with E-state index in [1.807, 2.05) is 10.9 Å². The molecule has 10 nitrogen and oxygen atoms in total. The first-order valence-corrected chi connectivity index (χ1v) is 8.38. The predicted molar refractivity (Wildman–Crippen MR) is 93.6 cm³/mol. The number of carbonyl (C=O) groups excluding carboxylic acids is 1. The first-order chi connectivity index (χ1) is 12.9. The molecule has 2 heterocycles. The normalized spacial score (nSPS) is 30.8. The van der Waals surface area contributed by atoms with Crippen LogP contribution in [0.3, 0.4) is 0 Å². The van der Waals surface area contributed by atoms with Gasteiger partial charge in [0.2, 0.25) is 0 Å². The van der Waals surface area contributed by atoms with E-state index >= 15 is 4.39 Å². The van der Waals surface area contributed by atoms with Crippen molar-refractivity contribution in [2.24, 2.45) is 11.7 Å². The number of aliphatic hydroxyl groups excluding tert-OH is 2. The van der Waals surface area contributed by atoms with E-state index in [-0.39, 0.29) is 11.5 Å². The highest BCUT2D eigenvalue weighted by atomic mass is 19.2. The van der Waals surface area contributed by atoms with Crippen molar-refractivity contribution in [3.05, 3.63) is 32.6 Å². The number of nitrogens with two attached hydrogens (primary N) is 1. The molecular formula is C17H22FN3O7. The number of hydrogen-bond donors (Lipinski definition) is 4. The zero-order valence-corrected chi connectivity index (χ0v) is 15.5. The van der Waals surface area contributed by atoms with Gasteiger partial charge in [0.05, 0.1) is 0 Å². The molecule has 5 atom stereocenters. The zero-order valence-electron chi connectivity index (χ0n) is 15.5. The number of H-pyrrole nitrogens is 1. The number of aromatic amines is 1. The van der Waals surface area contributed by atoms with E-state index in [4.69, 9.17) is 21.6 Å². The van der Waals surface area contributed by atoms with Crippen molar-refractivity contribution < 1.29 is 28.9 Å². The van der Waals surface area contributed by atoms with Crippen LogP contribution in [0.25, 0.3) is 0 Å². The first kappa shape index (κ1) is 21.8. The molecule has 2 rings (SSSR count). The molecule has 0 saturated carbocycles. The number of nitrogens with one attached hydrogen (secondary N) is 1. The average molecular weight is 399 g/mol. The molecule has 1 aliphatic heterocycles. The average Bonchev–Trinajstić information content (AvgIpc) is 2.80. The fraction of sp³-hybridized carbons (Fsp3) is 0.588. The summed E-state index contributed by atoms with van der Waals surface area (Å²) < 4.78 is 25.8. The number of aliphatic hydroxyl groups is 2. The summed E-state index contributed by atoms with van der Waals surface area (Å²) in [5.74, 6) is -2.23. The number of ether oxygens (including phenoxy) is 2. The number of alkyl halides is 1. The van der Waals surface area contributed by atoms with Crippen molar-refractivity contribution in [1.82, 2.24) is 9.55 Å². The summed E-state index contributed by atoms with van der Waals surface area (Å²) in [5, 5.41) is 20.5. The van der Waals surface area contributed by atoms with Crippen molar-refractivity contribution in [3.63, 3.8) is 0 Å². The molecule has 1 aliphatic rings. The Kier molecular flexibility index (Phi) is 5.82. The number of rotatable bonds is 5. The highest BCUT2D eigenvalue weighted by molar-refractivity contribution is 5.75. The maximum absolute atomic E-state index is 15.2. The molecule has 1 aromatic heterocycles. The van der Waals surface area contributed by atoms with Crippen LogP contribution < -0.4 is 17.0 Å². The molecule has 0 aliphatic carbocycles. The number of aromatic nitrogens is 2. The Bertz CT molecular complexity index is 921. The largest absolute Gasteiger partial charge is 0.458 e. The van der Waals surface area contributed by atoms with Gasteiger partial charge in [0.25, 0.3) is 11.4 Å². The lowest BCUT2D eigenvalue weighted by molar-refractivity contribution is -0.245. The first-order valence-electron chi connectivity index (χ1n) is 8.38. The third-order valence-electron chi connectivity index (χ3n) is 4.64. The van der Waals surface area contributed by atoms with E-state index in [0.717, 1.165) is 13.1 Å². The molecule has 0 unspecified atom stereocenters. The van der Waals surface area contributed by atoms with Gasteiger partial charge in [0.1, 0.15) is 23.8 Å². The molecule has 154 valence electrons. The smallest absolute Gasteiger partial charge is 0.330 e. The Balaban J connectivity index is 2.35. The molecule has 11 heteroatoms. The Labute approximate surface area is 159 Å². The minimum atomic E-state index is -3.05. The summed E-state index contributed by atoms with van der Waals surface area (Å²) in [5.41, 5.74) is 1.26. The lowest BCUT2D eigenvalue weighted by atomic mass is 10.0. The molecule has 0 bridgehead atoms. The Morgan fingerprint density at radius 3 is 2.64 bits per heavy atom. The Hall–Kier alpha value is -2.52. The van der Waals surface area contributed by atoms with Crippen molar-refractivity contribution in [3.8, 4) is 12.3 Å². The van der Waals surface area contributed by atoms with E-state index in [0.29, 0.717) is 4.57 Å². The molecule has 0 spiro atoms. The fourth-order valence-corrected chi connectivity index (χ4v) is 2.74. The maximum Gasteiger partial charge on any atom is 0.330 e. The fourth-order valence-electron chi connectivity index (χ4n) is 2.74. The van der Waals surface area contributed by atoms with Gasteiger partial charge in [0.15, 0.2) is 12.3 Å². The van der Waals surface area contributed by atoms with Gasteiger partial charge in [-0.1, -0.05) is 19.8 Å². The van der Waals surface area contributed by atoms with E-state index < -0.39 is 53.7 Å². The molecule has 0 aromatic carbocycles. The van der Waals surface area contributed by atoms with Crippen LogP contribution in [0.1, 0.15) is 26.3 Å². The van der Waals surface area contributed by atoms with Gasteiger partial charge in [-0.15, -0.1) is 6.42 Å². The molecule has 1 aromatic rings. The van der Waals surface area contributed by atoms with Gasteiger partial charge in [0, 0.05) is 6.20 Å². The van der Waals surface area contributed by atoms with Crippen LogP contribution in [0, 0.1) is 18.3 Å². The zero-order chi connectivity index (χ0) is 21.4. The molecule has 1 fully saturated rings. The number of esters is 1. The number of hydrogen-bond acceptors (Lipinski definition) is 8. The van der Waals surface area contributed by atoms with Crippen molar-refractivity contribution in [2.45, 2.75) is 50.6 Å². The second-order valence-corrected chi connectivity index (χ2v) is 7.03. The second kappa shape index (κ2) is 7.48. The van der Waals surface area contributed by atoms with Crippen molar-refractivity contribution in [1.29, 1.82) is 0 Å². The number of halogens is 1. The van der Waals surface area contributed by atoms with Crippen molar-refractivity contribution >= 4 is 5.97 Å². The Morgan fingerprint density at radius 2 is 2.11 bits per heavy atom. The van der Waals surface area contributed by atoms with E-state index in [1.54, 1.807) is 13.8 Å². The van der Waals surface area contributed by atoms with Crippen LogP contribution in [-0.2, 0) is 20.0 Å². The third-order valence-corrected chi connectivity index (χ3v) is 4.64. The number of nitrogens with zero attached hydrogens (tertiary/aromatic N) is 1. The van der Waals surface area contributed by atoms with E-state index in [9.17, 15) is 24.6 Å². The molecule has 28 heavy (non-hydrogen) atoms. The molecule has 0 radical (unpaired) electrons. The van der Waals surface area contributed by atoms with Crippen LogP contribution in [0.5, 0.6) is 0 Å². The topological polar surface area (TPSA) is 157 Å². The molecule has 5 N–H and O–H groups in total. The van der Waals surface area contributed by atoms with Crippen molar-refractivity contribution in [2.75, 3.05) is 6.61 Å². The standard InChI is InChI=1S/C17H22FN3O7/c1-5-9-6-21(15(26)20-13(9)24)16(4)11(22)12(23)17(18,28-16)7-27-14(25)10(19)8(2)3/h1,6,8,10-12,22-23H,7,19H2,2-4H3,(H,20,24,26)/t10-,11+,12-,16+,17+/m0/s1. The van der Waals surface area contributed by atoms with Crippen LogP contribution in [-0.4, -0.2) is 56.4 Å². The summed E-state index contributed by atoms with van der Waals surface area (Å²) in [4.78, 5) is 37.5. The van der Waals surface area contributed by atoms with Gasteiger partial charge in [-0.25, -0.2) is 9.18 Å². The van der Waals surface area contributed by atoms with E-state index in [1.165, 1.54) is 0 Å². The van der Waals surface area contributed by atoms with E-state index in [2.05, 4.69) is 0 Å².